The van der Waals surface area contributed by atoms with Gasteiger partial charge in [-0.05, 0) is 25.0 Å². The number of para-hydroxylation sites is 1. The number of rotatable bonds is 7. The summed E-state index contributed by atoms with van der Waals surface area (Å²) in [5, 5.41) is 0. The molecule has 1 aliphatic carbocycles. The van der Waals surface area contributed by atoms with Gasteiger partial charge in [-0.15, -0.1) is 0 Å². The molecule has 3 rings (SSSR count). The molecule has 0 aliphatic heterocycles. The molecular weight excluding hydrogens is 352 g/mol. The first-order valence-corrected chi connectivity index (χ1v) is 9.68. The highest BCUT2D eigenvalue weighted by Gasteiger charge is 2.26. The number of aromatic nitrogens is 2. The fourth-order valence-corrected chi connectivity index (χ4v) is 3.53. The van der Waals surface area contributed by atoms with Crippen molar-refractivity contribution in [3.63, 3.8) is 0 Å². The van der Waals surface area contributed by atoms with Crippen LogP contribution in [0.2, 0.25) is 0 Å². The fourth-order valence-electron chi connectivity index (χ4n) is 3.53. The van der Waals surface area contributed by atoms with Crippen molar-refractivity contribution in [2.45, 2.75) is 38.3 Å². The molecule has 0 N–H and O–H groups in total. The van der Waals surface area contributed by atoms with E-state index in [2.05, 4.69) is 9.97 Å². The molecule has 1 saturated carbocycles. The zero-order valence-electron chi connectivity index (χ0n) is 16.8. The molecule has 0 saturated heterocycles. The van der Waals surface area contributed by atoms with Crippen molar-refractivity contribution in [3.8, 4) is 5.75 Å². The van der Waals surface area contributed by atoms with E-state index in [1.807, 2.05) is 48.2 Å². The molecule has 1 aromatic carbocycles. The lowest BCUT2D eigenvalue weighted by Crippen LogP contribution is -2.37. The monoisotopic (exact) mass is 380 g/mol. The van der Waals surface area contributed by atoms with Gasteiger partial charge < -0.3 is 14.5 Å². The van der Waals surface area contributed by atoms with Gasteiger partial charge in [-0.1, -0.05) is 31.0 Å². The summed E-state index contributed by atoms with van der Waals surface area (Å²) in [6, 6.07) is 8.16. The van der Waals surface area contributed by atoms with Gasteiger partial charge in [0.15, 0.2) is 0 Å². The largest absolute Gasteiger partial charge is 0.496 e. The first kappa shape index (κ1) is 19.9. The third kappa shape index (κ3) is 4.88. The van der Waals surface area contributed by atoms with Crippen LogP contribution >= 0.6 is 0 Å². The average molecular weight is 380 g/mol. The zero-order chi connectivity index (χ0) is 19.9. The van der Waals surface area contributed by atoms with Gasteiger partial charge >= 0.3 is 0 Å². The molecule has 1 aromatic heterocycles. The van der Waals surface area contributed by atoms with Crippen LogP contribution in [-0.2, 0) is 11.3 Å². The molecule has 2 aromatic rings. The van der Waals surface area contributed by atoms with E-state index in [0.29, 0.717) is 12.5 Å². The number of methoxy groups -OCH3 is 1. The van der Waals surface area contributed by atoms with Crippen molar-refractivity contribution in [1.29, 1.82) is 0 Å². The number of amides is 1. The van der Waals surface area contributed by atoms with Gasteiger partial charge in [-0.25, -0.2) is 9.97 Å². The molecule has 6 nitrogen and oxygen atoms in total. The van der Waals surface area contributed by atoms with Crippen molar-refractivity contribution >= 4 is 17.9 Å². The maximum absolute atomic E-state index is 13.0. The Hall–Kier alpha value is -2.89. The smallest absolute Gasteiger partial charge is 0.247 e. The second-order valence-corrected chi connectivity index (χ2v) is 7.26. The normalized spacial score (nSPS) is 14.4. The number of anilines is 1. The van der Waals surface area contributed by atoms with Crippen molar-refractivity contribution in [2.75, 3.05) is 26.1 Å². The third-order valence-electron chi connectivity index (χ3n) is 5.06. The topological polar surface area (TPSA) is 58.6 Å². The van der Waals surface area contributed by atoms with Crippen LogP contribution < -0.4 is 9.64 Å². The highest BCUT2D eigenvalue weighted by molar-refractivity contribution is 5.92. The van der Waals surface area contributed by atoms with E-state index in [0.717, 1.165) is 29.7 Å². The van der Waals surface area contributed by atoms with E-state index in [4.69, 9.17) is 4.74 Å². The van der Waals surface area contributed by atoms with E-state index in [1.54, 1.807) is 31.7 Å². The Balaban J connectivity index is 1.76. The molecular formula is C22H28N4O2. The van der Waals surface area contributed by atoms with Crippen molar-refractivity contribution < 1.29 is 9.53 Å². The molecule has 0 bridgehead atoms. The summed E-state index contributed by atoms with van der Waals surface area (Å²) in [5.74, 6) is 1.47. The lowest BCUT2D eigenvalue weighted by atomic mass is 10.1. The average Bonchev–Trinajstić information content (AvgIpc) is 3.25. The highest BCUT2D eigenvalue weighted by atomic mass is 16.5. The van der Waals surface area contributed by atoms with E-state index in [9.17, 15) is 4.79 Å². The first-order valence-electron chi connectivity index (χ1n) is 9.68. The maximum Gasteiger partial charge on any atom is 0.247 e. The van der Waals surface area contributed by atoms with Crippen LogP contribution in [0.3, 0.4) is 0 Å². The Bertz CT molecular complexity index is 812. The van der Waals surface area contributed by atoms with Crippen LogP contribution in [0.15, 0.2) is 42.7 Å². The van der Waals surface area contributed by atoms with Crippen molar-refractivity contribution in [3.05, 3.63) is 53.9 Å². The van der Waals surface area contributed by atoms with E-state index < -0.39 is 0 Å². The molecule has 1 aliphatic rings. The molecule has 148 valence electrons. The van der Waals surface area contributed by atoms with Crippen LogP contribution in [0.4, 0.5) is 5.95 Å². The Morgan fingerprint density at radius 1 is 1.18 bits per heavy atom. The van der Waals surface area contributed by atoms with Gasteiger partial charge in [0.25, 0.3) is 0 Å². The van der Waals surface area contributed by atoms with Crippen LogP contribution in [0, 0.1) is 0 Å². The number of hydrogen-bond donors (Lipinski definition) is 0. The van der Waals surface area contributed by atoms with E-state index in [-0.39, 0.29) is 11.9 Å². The fraction of sp³-hybridized carbons (Fsp3) is 0.409. The highest BCUT2D eigenvalue weighted by Crippen LogP contribution is 2.28. The van der Waals surface area contributed by atoms with Gasteiger partial charge in [0.2, 0.25) is 11.9 Å². The molecule has 0 unspecified atom stereocenters. The molecule has 0 radical (unpaired) electrons. The number of carbonyl (C=O) groups excluding carboxylic acids is 1. The summed E-state index contributed by atoms with van der Waals surface area (Å²) in [7, 11) is 5.45. The Morgan fingerprint density at radius 2 is 1.86 bits per heavy atom. The predicted octanol–water partition coefficient (Wildman–Crippen LogP) is 3.54. The van der Waals surface area contributed by atoms with Gasteiger partial charge in [0.1, 0.15) is 5.75 Å². The van der Waals surface area contributed by atoms with Gasteiger partial charge in [-0.3, -0.25) is 4.79 Å². The van der Waals surface area contributed by atoms with Crippen molar-refractivity contribution in [1.82, 2.24) is 14.9 Å². The minimum Gasteiger partial charge on any atom is -0.496 e. The first-order chi connectivity index (χ1) is 13.6. The Labute approximate surface area is 166 Å². The summed E-state index contributed by atoms with van der Waals surface area (Å²) in [5.41, 5.74) is 1.83. The molecule has 28 heavy (non-hydrogen) atoms. The molecule has 1 fully saturated rings. The van der Waals surface area contributed by atoms with Gasteiger partial charge in [-0.2, -0.15) is 0 Å². The van der Waals surface area contributed by atoms with E-state index in [1.165, 1.54) is 12.8 Å². The van der Waals surface area contributed by atoms with Crippen molar-refractivity contribution in [2.24, 2.45) is 0 Å². The van der Waals surface area contributed by atoms with Gasteiger partial charge in [0.05, 0.1) is 7.11 Å². The second-order valence-electron chi connectivity index (χ2n) is 7.26. The van der Waals surface area contributed by atoms with Gasteiger partial charge in [0, 0.05) is 56.3 Å². The predicted molar refractivity (Wildman–Crippen MR) is 111 cm³/mol. The standard InChI is InChI=1S/C22H28N4O2/c1-25(2)22-23-14-17(15-24-22)12-13-21(27)26(19-9-5-6-10-19)16-18-8-4-7-11-20(18)28-3/h4,7-8,11-15,19H,5-6,9-10,16H2,1-3H3. The number of ether oxygens (including phenoxy) is 1. The van der Waals surface area contributed by atoms with Crippen LogP contribution in [-0.4, -0.2) is 48.0 Å². The van der Waals surface area contributed by atoms with Crippen LogP contribution in [0.5, 0.6) is 5.75 Å². The lowest BCUT2D eigenvalue weighted by molar-refractivity contribution is -0.128. The summed E-state index contributed by atoms with van der Waals surface area (Å²) in [6.07, 6.45) is 11.3. The summed E-state index contributed by atoms with van der Waals surface area (Å²) < 4.78 is 5.47. The van der Waals surface area contributed by atoms with Crippen LogP contribution in [0.1, 0.15) is 36.8 Å². The lowest BCUT2D eigenvalue weighted by Gasteiger charge is -2.28. The van der Waals surface area contributed by atoms with E-state index >= 15 is 0 Å². The third-order valence-corrected chi connectivity index (χ3v) is 5.06. The summed E-state index contributed by atoms with van der Waals surface area (Å²) in [4.78, 5) is 25.4. The maximum atomic E-state index is 13.0. The second kappa shape index (κ2) is 9.35. The Morgan fingerprint density at radius 3 is 2.50 bits per heavy atom. The molecule has 0 spiro atoms. The molecule has 6 heteroatoms. The number of benzene rings is 1. The number of carbonyl (C=O) groups is 1. The molecule has 0 atom stereocenters. The summed E-state index contributed by atoms with van der Waals surface area (Å²) >= 11 is 0. The number of nitrogens with zero attached hydrogens (tertiary/aromatic N) is 4. The summed E-state index contributed by atoms with van der Waals surface area (Å²) in [6.45, 7) is 0.550. The Kier molecular flexibility index (Phi) is 6.63. The minimum absolute atomic E-state index is 0.00879. The molecule has 1 amide bonds. The molecule has 1 heterocycles. The SMILES string of the molecule is COc1ccccc1CN(C(=O)C=Cc1cnc(N(C)C)nc1)C1CCCC1. The quantitative estimate of drug-likeness (QED) is 0.688. The zero-order valence-corrected chi connectivity index (χ0v) is 16.8. The van der Waals surface area contributed by atoms with Crippen LogP contribution in [0.25, 0.3) is 6.08 Å². The number of hydrogen-bond acceptors (Lipinski definition) is 5. The minimum atomic E-state index is 0.00879.